The molecule has 0 bridgehead atoms. The third kappa shape index (κ3) is 3.14. The van der Waals surface area contributed by atoms with Gasteiger partial charge in [-0.2, -0.15) is 4.72 Å². The second kappa shape index (κ2) is 5.23. The van der Waals surface area contributed by atoms with Gasteiger partial charge in [-0.3, -0.25) is 9.59 Å². The predicted molar refractivity (Wildman–Crippen MR) is 75.5 cm³/mol. The Balaban J connectivity index is 2.36. The van der Waals surface area contributed by atoms with Crippen LogP contribution >= 0.6 is 0 Å². The molecule has 2 N–H and O–H groups in total. The number of carboxylic acid groups (broad SMARTS) is 1. The number of carboxylic acids is 1. The van der Waals surface area contributed by atoms with Crippen LogP contribution in [0.15, 0.2) is 29.2 Å². The molecule has 21 heavy (non-hydrogen) atoms. The summed E-state index contributed by atoms with van der Waals surface area (Å²) in [5.74, 6) is -1.66. The summed E-state index contributed by atoms with van der Waals surface area (Å²) in [5.41, 5.74) is -1.26. The van der Waals surface area contributed by atoms with Gasteiger partial charge in [-0.25, -0.2) is 8.42 Å². The van der Waals surface area contributed by atoms with E-state index in [-0.39, 0.29) is 22.2 Å². The first kappa shape index (κ1) is 15.7. The van der Waals surface area contributed by atoms with Gasteiger partial charge in [0.2, 0.25) is 10.0 Å². The fourth-order valence-electron chi connectivity index (χ4n) is 2.18. The summed E-state index contributed by atoms with van der Waals surface area (Å²) in [6.45, 7) is 2.71. The Morgan fingerprint density at radius 3 is 2.43 bits per heavy atom. The summed E-state index contributed by atoms with van der Waals surface area (Å²) >= 11 is 0. The van der Waals surface area contributed by atoms with Crippen LogP contribution in [0.4, 0.5) is 0 Å². The van der Waals surface area contributed by atoms with Crippen molar-refractivity contribution in [3.05, 3.63) is 29.8 Å². The second-order valence-electron chi connectivity index (χ2n) is 5.47. The molecule has 0 aromatic heterocycles. The summed E-state index contributed by atoms with van der Waals surface area (Å²) in [4.78, 5) is 22.6. The van der Waals surface area contributed by atoms with E-state index in [0.717, 1.165) is 0 Å². The Morgan fingerprint density at radius 2 is 1.95 bits per heavy atom. The van der Waals surface area contributed by atoms with Crippen molar-refractivity contribution >= 4 is 21.8 Å². The molecule has 1 atom stereocenters. The number of Topliss-reactive ketones (excluding diaryl/α,β-unsaturated/α-hetero) is 1. The zero-order valence-electron chi connectivity index (χ0n) is 11.8. The molecule has 1 aromatic carbocycles. The smallest absolute Gasteiger partial charge is 0.324 e. The van der Waals surface area contributed by atoms with Crippen molar-refractivity contribution in [1.29, 1.82) is 0 Å². The van der Waals surface area contributed by atoms with Crippen molar-refractivity contribution in [1.82, 2.24) is 4.72 Å². The first-order valence-electron chi connectivity index (χ1n) is 6.55. The van der Waals surface area contributed by atoms with E-state index >= 15 is 0 Å². The molecular weight excluding hydrogens is 294 g/mol. The lowest BCUT2D eigenvalue weighted by atomic mass is 9.98. The van der Waals surface area contributed by atoms with Crippen LogP contribution in [0.3, 0.4) is 0 Å². The highest BCUT2D eigenvalue weighted by atomic mass is 32.2. The average Bonchev–Trinajstić information content (AvgIpc) is 3.22. The van der Waals surface area contributed by atoms with E-state index in [1.807, 2.05) is 0 Å². The first-order chi connectivity index (χ1) is 9.67. The maximum Gasteiger partial charge on any atom is 0.324 e. The van der Waals surface area contributed by atoms with Crippen molar-refractivity contribution in [2.24, 2.45) is 5.92 Å². The van der Waals surface area contributed by atoms with Gasteiger partial charge in [0.05, 0.1) is 4.90 Å². The molecule has 2 rings (SSSR count). The molecule has 7 heteroatoms. The molecule has 1 aromatic rings. The number of carbonyl (C=O) groups is 2. The van der Waals surface area contributed by atoms with Gasteiger partial charge in [0.1, 0.15) is 5.54 Å². The number of hydrogen-bond donors (Lipinski definition) is 2. The second-order valence-corrected chi connectivity index (χ2v) is 7.15. The number of sulfonamides is 1. The van der Waals surface area contributed by atoms with Crippen molar-refractivity contribution in [3.8, 4) is 0 Å². The minimum absolute atomic E-state index is 0.108. The lowest BCUT2D eigenvalue weighted by Gasteiger charge is -2.25. The van der Waals surface area contributed by atoms with Gasteiger partial charge in [0.15, 0.2) is 5.78 Å². The van der Waals surface area contributed by atoms with Crippen LogP contribution < -0.4 is 4.72 Å². The molecule has 0 spiro atoms. The maximum atomic E-state index is 12.4. The van der Waals surface area contributed by atoms with Gasteiger partial charge in [-0.15, -0.1) is 0 Å². The third-order valence-corrected chi connectivity index (χ3v) is 5.30. The lowest BCUT2D eigenvalue weighted by Crippen LogP contribution is -2.53. The fraction of sp³-hybridized carbons (Fsp3) is 0.429. The normalized spacial score (nSPS) is 18.0. The highest BCUT2D eigenvalue weighted by Gasteiger charge is 2.50. The Hall–Kier alpha value is -1.73. The standard InChI is InChI=1S/C14H17NO5S/c1-9(16)10-4-3-5-12(8-10)21(19,20)15-14(2,13(17)18)11-6-7-11/h3-5,8,11,15H,6-7H2,1-2H3,(H,17,18). The van der Waals surface area contributed by atoms with Crippen molar-refractivity contribution < 1.29 is 23.1 Å². The third-order valence-electron chi connectivity index (χ3n) is 3.74. The van der Waals surface area contributed by atoms with E-state index in [2.05, 4.69) is 4.72 Å². The molecule has 0 aliphatic heterocycles. The molecule has 1 aliphatic carbocycles. The number of rotatable bonds is 6. The molecule has 114 valence electrons. The van der Waals surface area contributed by atoms with E-state index in [0.29, 0.717) is 12.8 Å². The first-order valence-corrected chi connectivity index (χ1v) is 8.03. The Labute approximate surface area is 123 Å². The van der Waals surface area contributed by atoms with Gasteiger partial charge in [0.25, 0.3) is 0 Å². The molecule has 1 unspecified atom stereocenters. The quantitative estimate of drug-likeness (QED) is 0.774. The predicted octanol–water partition coefficient (Wildman–Crippen LogP) is 1.42. The van der Waals surface area contributed by atoms with Crippen molar-refractivity contribution in [3.63, 3.8) is 0 Å². The van der Waals surface area contributed by atoms with E-state index < -0.39 is 21.5 Å². The topological polar surface area (TPSA) is 101 Å². The molecule has 0 saturated heterocycles. The molecule has 1 aliphatic rings. The molecule has 0 heterocycles. The van der Waals surface area contributed by atoms with Crippen LogP contribution in [0.2, 0.25) is 0 Å². The summed E-state index contributed by atoms with van der Waals surface area (Å²) in [6, 6.07) is 5.56. The zero-order chi connectivity index (χ0) is 15.8. The van der Waals surface area contributed by atoms with E-state index in [1.165, 1.54) is 38.1 Å². The SMILES string of the molecule is CC(=O)c1cccc(S(=O)(=O)NC(C)(C(=O)O)C2CC2)c1. The van der Waals surface area contributed by atoms with Crippen LogP contribution in [0.1, 0.15) is 37.0 Å². The lowest BCUT2D eigenvalue weighted by molar-refractivity contribution is -0.144. The Morgan fingerprint density at radius 1 is 1.33 bits per heavy atom. The minimum Gasteiger partial charge on any atom is -0.480 e. The molecule has 0 radical (unpaired) electrons. The van der Waals surface area contributed by atoms with Gasteiger partial charge in [-0.1, -0.05) is 12.1 Å². The number of carbonyl (C=O) groups excluding carboxylic acids is 1. The summed E-state index contributed by atoms with van der Waals surface area (Å²) in [6.07, 6.45) is 1.36. The monoisotopic (exact) mass is 311 g/mol. The molecular formula is C14H17NO5S. The average molecular weight is 311 g/mol. The molecule has 1 saturated carbocycles. The molecule has 0 amide bonds. The summed E-state index contributed by atoms with van der Waals surface area (Å²) in [7, 11) is -4.01. The summed E-state index contributed by atoms with van der Waals surface area (Å²) < 4.78 is 27.0. The number of ketones is 1. The van der Waals surface area contributed by atoms with Gasteiger partial charge in [-0.05, 0) is 44.7 Å². The number of hydrogen-bond acceptors (Lipinski definition) is 4. The van der Waals surface area contributed by atoms with Crippen molar-refractivity contribution in [2.45, 2.75) is 37.1 Å². The van der Waals surface area contributed by atoms with Gasteiger partial charge < -0.3 is 5.11 Å². The van der Waals surface area contributed by atoms with E-state index in [9.17, 15) is 23.1 Å². The minimum atomic E-state index is -4.01. The number of aliphatic carboxylic acids is 1. The molecule has 1 fully saturated rings. The largest absolute Gasteiger partial charge is 0.480 e. The van der Waals surface area contributed by atoms with Crippen molar-refractivity contribution in [2.75, 3.05) is 0 Å². The van der Waals surface area contributed by atoms with Crippen LogP contribution in [-0.2, 0) is 14.8 Å². The van der Waals surface area contributed by atoms with E-state index in [4.69, 9.17) is 0 Å². The van der Waals surface area contributed by atoms with Crippen LogP contribution in [0.25, 0.3) is 0 Å². The van der Waals surface area contributed by atoms with Gasteiger partial charge in [0, 0.05) is 5.56 Å². The van der Waals surface area contributed by atoms with Crippen LogP contribution in [0, 0.1) is 5.92 Å². The zero-order valence-corrected chi connectivity index (χ0v) is 12.6. The number of benzene rings is 1. The molecule has 6 nitrogen and oxygen atoms in total. The number of nitrogens with one attached hydrogen (secondary N) is 1. The summed E-state index contributed by atoms with van der Waals surface area (Å²) in [5, 5.41) is 9.31. The Kier molecular flexibility index (Phi) is 3.90. The van der Waals surface area contributed by atoms with E-state index in [1.54, 1.807) is 0 Å². The fourth-order valence-corrected chi connectivity index (χ4v) is 3.65. The Bertz CT molecular complexity index is 693. The maximum absolute atomic E-state index is 12.4. The highest BCUT2D eigenvalue weighted by molar-refractivity contribution is 7.89. The highest BCUT2D eigenvalue weighted by Crippen LogP contribution is 2.40. The van der Waals surface area contributed by atoms with Crippen LogP contribution in [-0.4, -0.2) is 30.8 Å². The van der Waals surface area contributed by atoms with Crippen LogP contribution in [0.5, 0.6) is 0 Å². The van der Waals surface area contributed by atoms with Gasteiger partial charge >= 0.3 is 5.97 Å².